The van der Waals surface area contributed by atoms with Crippen molar-refractivity contribution in [3.05, 3.63) is 29.2 Å². The summed E-state index contributed by atoms with van der Waals surface area (Å²) in [5.74, 6) is -0.528. The molecule has 0 unspecified atom stereocenters. The molecule has 0 saturated heterocycles. The highest BCUT2D eigenvalue weighted by atomic mass is 35.5. The fourth-order valence-electron chi connectivity index (χ4n) is 1.09. The molecule has 2 aromatic rings. The lowest BCUT2D eigenvalue weighted by atomic mass is 10.3. The van der Waals surface area contributed by atoms with E-state index in [0.29, 0.717) is 5.65 Å². The minimum Gasteiger partial charge on any atom is -0.465 e. The van der Waals surface area contributed by atoms with Gasteiger partial charge in [0, 0.05) is 12.3 Å². The van der Waals surface area contributed by atoms with Gasteiger partial charge in [0.25, 0.3) is 0 Å². The lowest BCUT2D eigenvalue weighted by Gasteiger charge is -2.02. The third kappa shape index (κ3) is 1.22. The van der Waals surface area contributed by atoms with Crippen molar-refractivity contribution in [2.45, 2.75) is 0 Å². The van der Waals surface area contributed by atoms with Gasteiger partial charge in [-0.3, -0.25) is 0 Å². The third-order valence-electron chi connectivity index (χ3n) is 1.76. The van der Waals surface area contributed by atoms with E-state index in [1.54, 1.807) is 12.3 Å². The van der Waals surface area contributed by atoms with Crippen LogP contribution in [0.15, 0.2) is 18.5 Å². The van der Waals surface area contributed by atoms with Crippen LogP contribution in [0.25, 0.3) is 5.65 Å². The Hall–Kier alpha value is -1.62. The topological polar surface area (TPSA) is 56.5 Å². The smallest absolute Gasteiger partial charge is 0.342 e. The van der Waals surface area contributed by atoms with E-state index in [-0.39, 0.29) is 10.7 Å². The highest BCUT2D eigenvalue weighted by Crippen LogP contribution is 2.16. The van der Waals surface area contributed by atoms with Crippen molar-refractivity contribution in [1.29, 1.82) is 0 Å². The molecule has 0 fully saturated rings. The number of halogens is 1. The van der Waals surface area contributed by atoms with Crippen molar-refractivity contribution in [1.82, 2.24) is 14.6 Å². The van der Waals surface area contributed by atoms with Gasteiger partial charge in [-0.1, -0.05) is 11.6 Å². The average molecular weight is 212 g/mol. The number of carbonyl (C=O) groups is 1. The molecule has 0 bridgehead atoms. The van der Waals surface area contributed by atoms with Crippen LogP contribution in [0.3, 0.4) is 0 Å². The molecule has 2 aromatic heterocycles. The average Bonchev–Trinajstić information content (AvgIpc) is 2.66. The Bertz CT molecular complexity index is 494. The second-order valence-electron chi connectivity index (χ2n) is 2.56. The SMILES string of the molecule is COC(=O)c1cnc2ccnn2c1Cl. The third-order valence-corrected chi connectivity index (χ3v) is 2.13. The van der Waals surface area contributed by atoms with Crippen LogP contribution in [0.4, 0.5) is 0 Å². The first-order valence-corrected chi connectivity index (χ1v) is 4.18. The maximum absolute atomic E-state index is 11.2. The van der Waals surface area contributed by atoms with E-state index in [0.717, 1.165) is 0 Å². The first kappa shape index (κ1) is 8.96. The summed E-state index contributed by atoms with van der Waals surface area (Å²) in [5.41, 5.74) is 0.785. The summed E-state index contributed by atoms with van der Waals surface area (Å²) in [4.78, 5) is 15.2. The van der Waals surface area contributed by atoms with Gasteiger partial charge in [-0.15, -0.1) is 0 Å². The zero-order valence-electron chi connectivity index (χ0n) is 7.27. The van der Waals surface area contributed by atoms with E-state index >= 15 is 0 Å². The molecule has 5 nitrogen and oxygen atoms in total. The van der Waals surface area contributed by atoms with Gasteiger partial charge in [0.1, 0.15) is 10.7 Å². The van der Waals surface area contributed by atoms with Crippen LogP contribution in [-0.4, -0.2) is 27.7 Å². The second-order valence-corrected chi connectivity index (χ2v) is 2.91. The van der Waals surface area contributed by atoms with E-state index in [4.69, 9.17) is 11.6 Å². The fraction of sp³-hybridized carbons (Fsp3) is 0.125. The molecular formula is C8H6ClN3O2. The molecule has 2 heterocycles. The fourth-order valence-corrected chi connectivity index (χ4v) is 1.35. The molecule has 0 aromatic carbocycles. The molecular weight excluding hydrogens is 206 g/mol. The number of hydrogen-bond donors (Lipinski definition) is 0. The van der Waals surface area contributed by atoms with Gasteiger partial charge in [0.2, 0.25) is 0 Å². The summed E-state index contributed by atoms with van der Waals surface area (Å²) in [6, 6.07) is 1.69. The summed E-state index contributed by atoms with van der Waals surface area (Å²) in [5, 5.41) is 4.11. The van der Waals surface area contributed by atoms with E-state index in [1.807, 2.05) is 0 Å². The van der Waals surface area contributed by atoms with Gasteiger partial charge in [0.15, 0.2) is 5.65 Å². The zero-order chi connectivity index (χ0) is 10.1. The summed E-state index contributed by atoms with van der Waals surface area (Å²) >= 11 is 5.92. The largest absolute Gasteiger partial charge is 0.465 e. The Labute approximate surface area is 84.3 Å². The van der Waals surface area contributed by atoms with Gasteiger partial charge >= 0.3 is 5.97 Å². The zero-order valence-corrected chi connectivity index (χ0v) is 8.02. The number of carbonyl (C=O) groups excluding carboxylic acids is 1. The van der Waals surface area contributed by atoms with Gasteiger partial charge < -0.3 is 4.74 Å². The maximum atomic E-state index is 11.2. The minimum absolute atomic E-state index is 0.199. The molecule has 72 valence electrons. The summed E-state index contributed by atoms with van der Waals surface area (Å²) in [6.07, 6.45) is 2.92. The van der Waals surface area contributed by atoms with E-state index in [9.17, 15) is 4.79 Å². The van der Waals surface area contributed by atoms with Crippen LogP contribution in [0.1, 0.15) is 10.4 Å². The second kappa shape index (κ2) is 3.26. The Kier molecular flexibility index (Phi) is 2.09. The predicted octanol–water partition coefficient (Wildman–Crippen LogP) is 1.17. The normalized spacial score (nSPS) is 10.4. The molecule has 0 spiro atoms. The Balaban J connectivity index is 2.67. The highest BCUT2D eigenvalue weighted by Gasteiger charge is 2.14. The highest BCUT2D eigenvalue weighted by molar-refractivity contribution is 6.32. The van der Waals surface area contributed by atoms with Gasteiger partial charge in [0.05, 0.1) is 13.3 Å². The molecule has 14 heavy (non-hydrogen) atoms. The lowest BCUT2D eigenvalue weighted by Crippen LogP contribution is -2.06. The number of nitrogens with zero attached hydrogens (tertiary/aromatic N) is 3. The lowest BCUT2D eigenvalue weighted by molar-refractivity contribution is 0.0600. The van der Waals surface area contributed by atoms with Crippen molar-refractivity contribution in [2.75, 3.05) is 7.11 Å². The van der Waals surface area contributed by atoms with Gasteiger partial charge in [-0.05, 0) is 0 Å². The number of esters is 1. The number of methoxy groups -OCH3 is 1. The molecule has 0 aliphatic rings. The monoisotopic (exact) mass is 211 g/mol. The molecule has 6 heteroatoms. The van der Waals surface area contributed by atoms with Crippen LogP contribution in [-0.2, 0) is 4.74 Å². The summed E-state index contributed by atoms with van der Waals surface area (Å²) < 4.78 is 5.91. The van der Waals surface area contributed by atoms with Crippen LogP contribution >= 0.6 is 11.6 Å². The molecule has 0 N–H and O–H groups in total. The van der Waals surface area contributed by atoms with E-state index < -0.39 is 5.97 Å². The van der Waals surface area contributed by atoms with Gasteiger partial charge in [-0.25, -0.2) is 14.3 Å². The number of ether oxygens (including phenoxy) is 1. The number of fused-ring (bicyclic) bond motifs is 1. The summed E-state index contributed by atoms with van der Waals surface area (Å²) in [6.45, 7) is 0. The maximum Gasteiger partial charge on any atom is 0.342 e. The quantitative estimate of drug-likeness (QED) is 0.525. The van der Waals surface area contributed by atoms with Crippen molar-refractivity contribution in [2.24, 2.45) is 0 Å². The van der Waals surface area contributed by atoms with E-state index in [2.05, 4.69) is 14.8 Å². The van der Waals surface area contributed by atoms with Crippen LogP contribution in [0, 0.1) is 0 Å². The Morgan fingerprint density at radius 3 is 3.14 bits per heavy atom. The molecule has 0 atom stereocenters. The standard InChI is InChI=1S/C8H6ClN3O2/c1-14-8(13)5-4-10-6-2-3-11-12(6)7(5)9/h2-4H,1H3. The van der Waals surface area contributed by atoms with Gasteiger partial charge in [-0.2, -0.15) is 5.10 Å². The molecule has 0 aliphatic heterocycles. The van der Waals surface area contributed by atoms with Crippen molar-refractivity contribution >= 4 is 23.2 Å². The molecule has 0 radical (unpaired) electrons. The van der Waals surface area contributed by atoms with Crippen molar-refractivity contribution in [3.8, 4) is 0 Å². The molecule has 0 aliphatic carbocycles. The van der Waals surface area contributed by atoms with E-state index in [1.165, 1.54) is 17.8 Å². The predicted molar refractivity (Wildman–Crippen MR) is 49.3 cm³/mol. The molecule has 0 amide bonds. The Morgan fingerprint density at radius 1 is 1.64 bits per heavy atom. The van der Waals surface area contributed by atoms with Crippen molar-refractivity contribution in [3.63, 3.8) is 0 Å². The molecule has 0 saturated carbocycles. The first-order valence-electron chi connectivity index (χ1n) is 3.80. The number of hydrogen-bond acceptors (Lipinski definition) is 4. The number of rotatable bonds is 1. The molecule has 2 rings (SSSR count). The summed E-state index contributed by atoms with van der Waals surface area (Å²) in [7, 11) is 1.28. The number of aromatic nitrogens is 3. The van der Waals surface area contributed by atoms with Crippen LogP contribution < -0.4 is 0 Å². The first-order chi connectivity index (χ1) is 6.74. The van der Waals surface area contributed by atoms with Crippen LogP contribution in [0.2, 0.25) is 5.15 Å². The van der Waals surface area contributed by atoms with Crippen molar-refractivity contribution < 1.29 is 9.53 Å². The van der Waals surface area contributed by atoms with Crippen LogP contribution in [0.5, 0.6) is 0 Å². The Morgan fingerprint density at radius 2 is 2.43 bits per heavy atom. The minimum atomic E-state index is -0.528.